The number of nitrogens with one attached hydrogen (secondary N) is 2. The maximum Gasteiger partial charge on any atom is 0.255 e. The molecule has 6 nitrogen and oxygen atoms in total. The molecule has 3 aromatic rings. The Hall–Kier alpha value is -2.86. The number of carbonyl (C=O) groups excluding carboxylic acids is 1. The zero-order valence-electron chi connectivity index (χ0n) is 18.0. The van der Waals surface area contributed by atoms with Crippen LogP contribution >= 0.6 is 0 Å². The van der Waals surface area contributed by atoms with Crippen molar-refractivity contribution in [3.05, 3.63) is 54.2 Å². The van der Waals surface area contributed by atoms with E-state index < -0.39 is 0 Å². The van der Waals surface area contributed by atoms with Crippen LogP contribution < -0.4 is 16.4 Å². The molecule has 0 bridgehead atoms. The van der Waals surface area contributed by atoms with Gasteiger partial charge in [0.1, 0.15) is 11.5 Å². The van der Waals surface area contributed by atoms with Crippen LogP contribution in [0.1, 0.15) is 56.8 Å². The number of nitrogens with two attached hydrogens (primary N) is 1. The predicted molar refractivity (Wildman–Crippen MR) is 122 cm³/mol. The minimum Gasteiger partial charge on any atom is -0.365 e. The number of nitrogens with zero attached hydrogens (tertiary/aromatic N) is 2. The van der Waals surface area contributed by atoms with Crippen LogP contribution in [0.4, 0.5) is 5.82 Å². The van der Waals surface area contributed by atoms with Crippen LogP contribution in [0.15, 0.2) is 48.7 Å². The Morgan fingerprint density at radius 1 is 1.07 bits per heavy atom. The maximum atomic E-state index is 13.1. The van der Waals surface area contributed by atoms with Gasteiger partial charge in [-0.1, -0.05) is 30.3 Å². The number of aromatic nitrogens is 2. The van der Waals surface area contributed by atoms with Gasteiger partial charge in [-0.25, -0.2) is 4.98 Å². The summed E-state index contributed by atoms with van der Waals surface area (Å²) < 4.78 is 1.99. The van der Waals surface area contributed by atoms with Gasteiger partial charge in [0.2, 0.25) is 0 Å². The van der Waals surface area contributed by atoms with Crippen LogP contribution in [-0.4, -0.2) is 32.9 Å². The van der Waals surface area contributed by atoms with Crippen molar-refractivity contribution < 1.29 is 4.79 Å². The Balaban J connectivity index is 1.74. The molecule has 0 aliphatic heterocycles. The number of hydrogen-bond acceptors (Lipinski definition) is 4. The number of fused-ring (bicyclic) bond motifs is 1. The zero-order valence-corrected chi connectivity index (χ0v) is 18.0. The molecule has 2 aromatic heterocycles. The van der Waals surface area contributed by atoms with E-state index in [1.165, 1.54) is 0 Å². The summed E-state index contributed by atoms with van der Waals surface area (Å²) in [5.41, 5.74) is 8.96. The smallest absolute Gasteiger partial charge is 0.255 e. The molecule has 4 N–H and O–H groups in total. The highest BCUT2D eigenvalue weighted by atomic mass is 16.1. The van der Waals surface area contributed by atoms with Crippen LogP contribution in [0.25, 0.3) is 16.9 Å². The molecule has 0 atom stereocenters. The van der Waals surface area contributed by atoms with Gasteiger partial charge < -0.3 is 16.4 Å². The Labute approximate surface area is 177 Å². The van der Waals surface area contributed by atoms with Crippen LogP contribution in [0.3, 0.4) is 0 Å². The first kappa shape index (κ1) is 20.4. The van der Waals surface area contributed by atoms with Crippen LogP contribution in [0.5, 0.6) is 0 Å². The lowest BCUT2D eigenvalue weighted by molar-refractivity contribution is 0.0927. The summed E-state index contributed by atoms with van der Waals surface area (Å²) >= 11 is 0. The Morgan fingerprint density at radius 3 is 2.43 bits per heavy atom. The molecule has 0 saturated heterocycles. The van der Waals surface area contributed by atoms with Gasteiger partial charge in [-0.15, -0.1) is 0 Å². The number of amides is 1. The molecule has 1 aliphatic carbocycles. The van der Waals surface area contributed by atoms with Crippen molar-refractivity contribution >= 4 is 17.4 Å². The fourth-order valence-electron chi connectivity index (χ4n) is 4.04. The van der Waals surface area contributed by atoms with E-state index in [9.17, 15) is 4.79 Å². The summed E-state index contributed by atoms with van der Waals surface area (Å²) in [4.78, 5) is 18.0. The van der Waals surface area contributed by atoms with Crippen molar-refractivity contribution in [3.63, 3.8) is 0 Å². The normalized spacial score (nSPS) is 19.6. The van der Waals surface area contributed by atoms with Gasteiger partial charge in [0.05, 0.1) is 5.56 Å². The molecule has 0 unspecified atom stereocenters. The average molecular weight is 406 g/mol. The summed E-state index contributed by atoms with van der Waals surface area (Å²) in [6.07, 6.45) is 5.72. The number of anilines is 1. The summed E-state index contributed by atoms with van der Waals surface area (Å²) in [5.74, 6) is 0.815. The van der Waals surface area contributed by atoms with Crippen molar-refractivity contribution in [1.82, 2.24) is 14.7 Å². The van der Waals surface area contributed by atoms with Crippen LogP contribution in [-0.2, 0) is 0 Å². The quantitative estimate of drug-likeness (QED) is 0.607. The van der Waals surface area contributed by atoms with Gasteiger partial charge in [-0.2, -0.15) is 0 Å². The minimum absolute atomic E-state index is 0.0759. The molecule has 1 fully saturated rings. The maximum absolute atomic E-state index is 13.1. The van der Waals surface area contributed by atoms with Gasteiger partial charge >= 0.3 is 0 Å². The van der Waals surface area contributed by atoms with Gasteiger partial charge in [0.15, 0.2) is 5.65 Å². The molecule has 1 saturated carbocycles. The second-order valence-electron chi connectivity index (χ2n) is 9.25. The fraction of sp³-hybridized carbons (Fsp3) is 0.417. The van der Waals surface area contributed by atoms with Gasteiger partial charge in [0, 0.05) is 29.4 Å². The third-order valence-electron chi connectivity index (χ3n) is 5.54. The van der Waals surface area contributed by atoms with E-state index >= 15 is 0 Å². The van der Waals surface area contributed by atoms with Crippen molar-refractivity contribution in [1.29, 1.82) is 0 Å². The van der Waals surface area contributed by atoms with E-state index in [0.717, 1.165) is 42.8 Å². The van der Waals surface area contributed by atoms with E-state index in [1.807, 2.05) is 53.1 Å². The molecular weight excluding hydrogens is 374 g/mol. The number of imidazole rings is 1. The van der Waals surface area contributed by atoms with Crippen LogP contribution in [0.2, 0.25) is 0 Å². The lowest BCUT2D eigenvalue weighted by Gasteiger charge is -2.26. The third-order valence-corrected chi connectivity index (χ3v) is 5.54. The topological polar surface area (TPSA) is 84.5 Å². The van der Waals surface area contributed by atoms with Crippen molar-refractivity contribution in [3.8, 4) is 11.3 Å². The van der Waals surface area contributed by atoms with Crippen LogP contribution in [0, 0.1) is 0 Å². The molecule has 1 amide bonds. The summed E-state index contributed by atoms with van der Waals surface area (Å²) in [7, 11) is 0. The second kappa shape index (κ2) is 8.11. The minimum atomic E-state index is -0.154. The average Bonchev–Trinajstić information content (AvgIpc) is 3.07. The summed E-state index contributed by atoms with van der Waals surface area (Å²) in [6.45, 7) is 6.35. The highest BCUT2D eigenvalue weighted by Crippen LogP contribution is 2.32. The molecule has 158 valence electrons. The van der Waals surface area contributed by atoms with Crippen molar-refractivity contribution in [2.24, 2.45) is 5.73 Å². The molecule has 2 heterocycles. The second-order valence-corrected chi connectivity index (χ2v) is 9.25. The Kier molecular flexibility index (Phi) is 5.52. The number of carbonyl (C=O) groups is 1. The summed E-state index contributed by atoms with van der Waals surface area (Å²) in [6, 6.07) is 14.3. The van der Waals surface area contributed by atoms with E-state index in [0.29, 0.717) is 11.2 Å². The Morgan fingerprint density at radius 2 is 1.77 bits per heavy atom. The lowest BCUT2D eigenvalue weighted by Crippen LogP contribution is -2.40. The van der Waals surface area contributed by atoms with Crippen molar-refractivity contribution in [2.75, 3.05) is 5.32 Å². The summed E-state index contributed by atoms with van der Waals surface area (Å²) in [5, 5.41) is 6.77. The van der Waals surface area contributed by atoms with E-state index in [1.54, 1.807) is 0 Å². The molecular formula is C24H31N5O. The first-order chi connectivity index (χ1) is 14.3. The number of rotatable bonds is 4. The van der Waals surface area contributed by atoms with E-state index in [-0.39, 0.29) is 23.5 Å². The highest BCUT2D eigenvalue weighted by molar-refractivity contribution is 6.01. The molecule has 0 radical (unpaired) electrons. The number of pyridine rings is 1. The highest BCUT2D eigenvalue weighted by Gasteiger charge is 2.24. The lowest BCUT2D eigenvalue weighted by atomic mass is 9.91. The monoisotopic (exact) mass is 405 g/mol. The van der Waals surface area contributed by atoms with Crippen molar-refractivity contribution in [2.45, 2.75) is 64.1 Å². The number of hydrogen-bond donors (Lipinski definition) is 3. The first-order valence-corrected chi connectivity index (χ1v) is 10.7. The van der Waals surface area contributed by atoms with E-state index in [4.69, 9.17) is 10.7 Å². The fourth-order valence-corrected chi connectivity index (χ4v) is 4.04. The third kappa shape index (κ3) is 4.33. The molecule has 1 aliphatic rings. The molecule has 0 spiro atoms. The van der Waals surface area contributed by atoms with Gasteiger partial charge in [0.25, 0.3) is 5.91 Å². The largest absolute Gasteiger partial charge is 0.365 e. The SMILES string of the molecule is CC(C)(C)Nc1c(-c2ccccc2)nc2c(C(=O)NC3CCC(N)CC3)cccn12. The van der Waals surface area contributed by atoms with Gasteiger partial charge in [-0.3, -0.25) is 9.20 Å². The van der Waals surface area contributed by atoms with Gasteiger partial charge in [-0.05, 0) is 58.6 Å². The standard InChI is InChI=1S/C24H31N5O/c1-24(2,3)28-22-20(16-8-5-4-6-9-16)27-21-19(10-7-15-29(21)22)23(30)26-18-13-11-17(25)12-14-18/h4-10,15,17-18,28H,11-14,25H2,1-3H3,(H,26,30). The molecule has 1 aromatic carbocycles. The Bertz CT molecular complexity index is 1030. The molecule has 6 heteroatoms. The molecule has 30 heavy (non-hydrogen) atoms. The first-order valence-electron chi connectivity index (χ1n) is 10.7. The zero-order chi connectivity index (χ0) is 21.3. The number of benzene rings is 1. The predicted octanol–water partition coefficient (Wildman–Crippen LogP) is 4.21. The molecule has 4 rings (SSSR count). The van der Waals surface area contributed by atoms with E-state index in [2.05, 4.69) is 31.4 Å².